The summed E-state index contributed by atoms with van der Waals surface area (Å²) >= 11 is 0. The minimum Gasteiger partial charge on any atom is -0.314 e. The normalized spacial score (nSPS) is 18.0. The topological polar surface area (TPSA) is 57.9 Å². The van der Waals surface area contributed by atoms with Gasteiger partial charge in [0.05, 0.1) is 5.29 Å². The molecule has 3 N–H and O–H groups in total. The van der Waals surface area contributed by atoms with Gasteiger partial charge in [-0.15, -0.1) is 0 Å². The van der Waals surface area contributed by atoms with Gasteiger partial charge in [0.2, 0.25) is 9.76 Å². The van der Waals surface area contributed by atoms with Crippen molar-refractivity contribution in [2.75, 3.05) is 6.54 Å². The summed E-state index contributed by atoms with van der Waals surface area (Å²) in [4.78, 5) is 10.6. The van der Waals surface area contributed by atoms with E-state index >= 15 is 0 Å². The second-order valence-electron chi connectivity index (χ2n) is 2.58. The lowest BCUT2D eigenvalue weighted by Gasteiger charge is -2.25. The quantitative estimate of drug-likeness (QED) is 0.423. The van der Waals surface area contributed by atoms with Gasteiger partial charge in [-0.05, 0) is 19.4 Å². The Kier molecular flexibility index (Phi) is 4.89. The maximum atomic E-state index is 10.6. The standard InChI is InChI=1S/C6H17N2OSi/c1-3-5-8-6(7,4-2)10-9/h8H,3-5,7,10H2,1-2H3. The van der Waals surface area contributed by atoms with E-state index in [4.69, 9.17) is 5.73 Å². The molecule has 1 radical (unpaired) electrons. The van der Waals surface area contributed by atoms with Crippen molar-refractivity contribution in [2.24, 2.45) is 5.73 Å². The summed E-state index contributed by atoms with van der Waals surface area (Å²) in [6.45, 7) is 4.88. The highest BCUT2D eigenvalue weighted by Gasteiger charge is 2.21. The zero-order valence-electron chi connectivity index (χ0n) is 6.81. The number of rotatable bonds is 5. The van der Waals surface area contributed by atoms with Crippen LogP contribution in [0.1, 0.15) is 26.7 Å². The Balaban J connectivity index is 3.58. The predicted octanol–water partition coefficient (Wildman–Crippen LogP) is -0.477. The van der Waals surface area contributed by atoms with Crippen LogP contribution < -0.4 is 11.1 Å². The Hall–Kier alpha value is 0.0969. The molecule has 1 unspecified atom stereocenters. The van der Waals surface area contributed by atoms with Crippen molar-refractivity contribution in [1.82, 2.24) is 5.32 Å². The summed E-state index contributed by atoms with van der Waals surface area (Å²) < 4.78 is 0. The molecule has 0 spiro atoms. The molecule has 61 valence electrons. The van der Waals surface area contributed by atoms with Crippen LogP contribution in [0, 0.1) is 0 Å². The van der Waals surface area contributed by atoms with Crippen LogP contribution in [0.3, 0.4) is 0 Å². The Bertz CT molecular complexity index is 85.8. The fourth-order valence-electron chi connectivity index (χ4n) is 0.652. The van der Waals surface area contributed by atoms with Crippen molar-refractivity contribution in [1.29, 1.82) is 0 Å². The molecule has 0 saturated heterocycles. The minimum absolute atomic E-state index is 0.532. The summed E-state index contributed by atoms with van der Waals surface area (Å²) in [5.74, 6) is 0. The monoisotopic (exact) mass is 161 g/mol. The Labute approximate surface area is 64.9 Å². The van der Waals surface area contributed by atoms with Crippen molar-refractivity contribution in [3.05, 3.63) is 0 Å². The van der Waals surface area contributed by atoms with E-state index in [0.29, 0.717) is 0 Å². The first kappa shape index (κ1) is 10.1. The number of hydrogen-bond acceptors (Lipinski definition) is 2. The molecule has 0 aliphatic carbocycles. The molecule has 0 aromatic rings. The van der Waals surface area contributed by atoms with Crippen LogP contribution >= 0.6 is 0 Å². The van der Waals surface area contributed by atoms with Gasteiger partial charge >= 0.3 is 0 Å². The molecule has 1 atom stereocenters. The van der Waals surface area contributed by atoms with E-state index in [0.717, 1.165) is 19.4 Å². The Morgan fingerprint density at radius 2 is 2.20 bits per heavy atom. The summed E-state index contributed by atoms with van der Waals surface area (Å²) in [7, 11) is -1.37. The second kappa shape index (κ2) is 4.84. The van der Waals surface area contributed by atoms with Crippen LogP contribution in [0.25, 0.3) is 0 Å². The van der Waals surface area contributed by atoms with E-state index in [2.05, 4.69) is 12.2 Å². The highest BCUT2D eigenvalue weighted by atomic mass is 28.2. The van der Waals surface area contributed by atoms with Gasteiger partial charge in [-0.3, -0.25) is 0 Å². The molecule has 10 heavy (non-hydrogen) atoms. The first-order valence-corrected chi connectivity index (χ1v) is 5.09. The van der Waals surface area contributed by atoms with Gasteiger partial charge in [-0.25, -0.2) is 0 Å². The molecule has 0 saturated carbocycles. The van der Waals surface area contributed by atoms with Crippen LogP contribution in [0.4, 0.5) is 0 Å². The van der Waals surface area contributed by atoms with E-state index in [1.54, 1.807) is 0 Å². The lowest BCUT2D eigenvalue weighted by Crippen LogP contribution is -2.57. The van der Waals surface area contributed by atoms with Gasteiger partial charge in [-0.2, -0.15) is 0 Å². The van der Waals surface area contributed by atoms with Gasteiger partial charge < -0.3 is 15.8 Å². The van der Waals surface area contributed by atoms with Crippen LogP contribution in [0.5, 0.6) is 0 Å². The molecule has 0 heterocycles. The average Bonchev–Trinajstić information content (AvgIpc) is 2.00. The second-order valence-corrected chi connectivity index (χ2v) is 4.13. The van der Waals surface area contributed by atoms with E-state index < -0.39 is 15.0 Å². The zero-order valence-corrected chi connectivity index (χ0v) is 8.23. The maximum absolute atomic E-state index is 10.6. The smallest absolute Gasteiger partial charge is 0.242 e. The molecule has 0 aliphatic heterocycles. The van der Waals surface area contributed by atoms with Gasteiger partial charge in [-0.1, -0.05) is 13.8 Å². The van der Waals surface area contributed by atoms with Crippen LogP contribution in [0.2, 0.25) is 0 Å². The fraction of sp³-hybridized carbons (Fsp3) is 1.00. The zero-order chi connectivity index (χ0) is 8.04. The fourth-order valence-corrected chi connectivity index (χ4v) is 1.14. The Morgan fingerprint density at radius 3 is 2.50 bits per heavy atom. The van der Waals surface area contributed by atoms with Crippen LogP contribution in [-0.4, -0.2) is 21.6 Å². The van der Waals surface area contributed by atoms with Crippen LogP contribution in [0.15, 0.2) is 0 Å². The van der Waals surface area contributed by atoms with Gasteiger partial charge in [0, 0.05) is 0 Å². The summed E-state index contributed by atoms with van der Waals surface area (Å²) in [6.07, 6.45) is 1.79. The van der Waals surface area contributed by atoms with Crippen LogP contribution in [-0.2, 0) is 4.80 Å². The number of hydrogen-bond donors (Lipinski definition) is 2. The third-order valence-electron chi connectivity index (χ3n) is 1.62. The molecule has 0 amide bonds. The lowest BCUT2D eigenvalue weighted by molar-refractivity contribution is 0.366. The van der Waals surface area contributed by atoms with Crippen molar-refractivity contribution in [3.63, 3.8) is 0 Å². The molecule has 0 bridgehead atoms. The van der Waals surface area contributed by atoms with Crippen molar-refractivity contribution >= 4 is 9.76 Å². The number of nitrogens with one attached hydrogen (secondary N) is 1. The first-order valence-electron chi connectivity index (χ1n) is 3.80. The molecule has 0 fully saturated rings. The molecular formula is C6H17N2OSi. The summed E-state index contributed by atoms with van der Waals surface area (Å²) in [5, 5.41) is 2.54. The molecule has 0 aromatic heterocycles. The maximum Gasteiger partial charge on any atom is 0.242 e. The third kappa shape index (κ3) is 3.31. The average molecular weight is 161 g/mol. The van der Waals surface area contributed by atoms with Gasteiger partial charge in [0.1, 0.15) is 0 Å². The highest BCUT2D eigenvalue weighted by Crippen LogP contribution is 1.97. The number of nitrogens with two attached hydrogens (primary N) is 1. The molecule has 0 rings (SSSR count). The Morgan fingerprint density at radius 1 is 1.60 bits per heavy atom. The predicted molar refractivity (Wildman–Crippen MR) is 44.7 cm³/mol. The minimum atomic E-state index is -1.37. The molecule has 3 nitrogen and oxygen atoms in total. The third-order valence-corrected chi connectivity index (χ3v) is 2.88. The molecule has 0 aromatic carbocycles. The largest absolute Gasteiger partial charge is 0.314 e. The van der Waals surface area contributed by atoms with Crippen molar-refractivity contribution in [2.45, 2.75) is 32.0 Å². The van der Waals surface area contributed by atoms with E-state index in [-0.39, 0.29) is 0 Å². The SMILES string of the molecule is CCCNC(N)(CC)[SiH2][O]. The van der Waals surface area contributed by atoms with Crippen molar-refractivity contribution < 1.29 is 4.80 Å². The lowest BCUT2D eigenvalue weighted by atomic mass is 10.3. The first-order chi connectivity index (χ1) is 4.68. The van der Waals surface area contributed by atoms with Gasteiger partial charge in [0.25, 0.3) is 0 Å². The highest BCUT2D eigenvalue weighted by molar-refractivity contribution is 6.29. The molecular weight excluding hydrogens is 144 g/mol. The van der Waals surface area contributed by atoms with E-state index in [1.165, 1.54) is 0 Å². The summed E-state index contributed by atoms with van der Waals surface area (Å²) in [5.41, 5.74) is 5.72. The molecule has 4 heteroatoms. The van der Waals surface area contributed by atoms with Gasteiger partial charge in [0.15, 0.2) is 0 Å². The van der Waals surface area contributed by atoms with E-state index in [1.807, 2.05) is 6.92 Å². The van der Waals surface area contributed by atoms with Crippen molar-refractivity contribution in [3.8, 4) is 0 Å². The molecule has 0 aliphatic rings. The summed E-state index contributed by atoms with van der Waals surface area (Å²) in [6, 6.07) is 0. The van der Waals surface area contributed by atoms with E-state index in [9.17, 15) is 4.80 Å².